The van der Waals surface area contributed by atoms with Gasteiger partial charge in [-0.25, -0.2) is 14.5 Å². The van der Waals surface area contributed by atoms with Gasteiger partial charge in [-0.15, -0.1) is 5.10 Å². The molecule has 0 aliphatic heterocycles. The lowest BCUT2D eigenvalue weighted by Crippen LogP contribution is -2.42. The van der Waals surface area contributed by atoms with Crippen molar-refractivity contribution in [3.8, 4) is 11.5 Å². The average molecular weight is 427 g/mol. The first-order valence-electron chi connectivity index (χ1n) is 9.75. The molecule has 10 nitrogen and oxygen atoms in total. The molecule has 2 N–H and O–H groups in total. The number of hydrogen-bond acceptors (Lipinski definition) is 7. The number of furan rings is 1. The maximum atomic E-state index is 12.9. The Hall–Kier alpha value is -4.60. The van der Waals surface area contributed by atoms with Gasteiger partial charge in [-0.2, -0.15) is 4.98 Å². The quantitative estimate of drug-likeness (QED) is 0.424. The molecule has 0 radical (unpaired) electrons. The normalized spacial score (nSPS) is 11.1. The lowest BCUT2D eigenvalue weighted by molar-refractivity contribution is 0.0842. The van der Waals surface area contributed by atoms with Crippen LogP contribution in [-0.4, -0.2) is 36.4 Å². The van der Waals surface area contributed by atoms with E-state index in [1.807, 2.05) is 32.0 Å². The van der Waals surface area contributed by atoms with Gasteiger partial charge in [0.05, 0.1) is 17.3 Å². The van der Waals surface area contributed by atoms with Gasteiger partial charge in [-0.3, -0.25) is 20.4 Å². The van der Waals surface area contributed by atoms with Crippen molar-refractivity contribution in [2.45, 2.75) is 13.8 Å². The van der Waals surface area contributed by atoms with Crippen molar-refractivity contribution in [2.24, 2.45) is 0 Å². The SMILES string of the molecule is Cc1cc(C)n2nc(C(=O)NNC(=O)c3cc(-c4ccco4)nc4ccccc34)nc2n1. The third-order valence-corrected chi connectivity index (χ3v) is 4.85. The first kappa shape index (κ1) is 19.4. The van der Waals surface area contributed by atoms with Crippen LogP contribution in [-0.2, 0) is 0 Å². The maximum absolute atomic E-state index is 12.9. The Bertz CT molecular complexity index is 1490. The molecule has 0 atom stereocenters. The van der Waals surface area contributed by atoms with Crippen LogP contribution >= 0.6 is 0 Å². The number of carbonyl (C=O) groups excluding carboxylic acids is 2. The number of aromatic nitrogens is 5. The smallest absolute Gasteiger partial charge is 0.309 e. The Balaban J connectivity index is 1.42. The maximum Gasteiger partial charge on any atom is 0.309 e. The third kappa shape index (κ3) is 3.43. The van der Waals surface area contributed by atoms with E-state index in [1.54, 1.807) is 30.3 Å². The van der Waals surface area contributed by atoms with Crippen molar-refractivity contribution < 1.29 is 14.0 Å². The number of nitrogens with zero attached hydrogens (tertiary/aromatic N) is 5. The summed E-state index contributed by atoms with van der Waals surface area (Å²) >= 11 is 0. The van der Waals surface area contributed by atoms with Gasteiger partial charge in [0.15, 0.2) is 5.76 Å². The summed E-state index contributed by atoms with van der Waals surface area (Å²) in [5.41, 5.74) is 7.80. The summed E-state index contributed by atoms with van der Waals surface area (Å²) in [4.78, 5) is 38.4. The fourth-order valence-corrected chi connectivity index (χ4v) is 3.41. The molecule has 0 spiro atoms. The second-order valence-corrected chi connectivity index (χ2v) is 7.14. The van der Waals surface area contributed by atoms with E-state index >= 15 is 0 Å². The standard InChI is InChI=1S/C22H17N7O3/c1-12-10-13(2)29-22(23-12)25-19(28-29)21(31)27-26-20(30)15-11-17(18-8-5-9-32-18)24-16-7-4-3-6-14(15)16/h3-11H,1-2H3,(H,26,30)(H,27,31). The zero-order valence-corrected chi connectivity index (χ0v) is 17.2. The number of rotatable bonds is 3. The number of para-hydroxylation sites is 1. The monoisotopic (exact) mass is 427 g/mol. The minimum absolute atomic E-state index is 0.109. The highest BCUT2D eigenvalue weighted by Crippen LogP contribution is 2.25. The highest BCUT2D eigenvalue weighted by Gasteiger charge is 2.18. The topological polar surface area (TPSA) is 127 Å². The first-order valence-corrected chi connectivity index (χ1v) is 9.75. The molecule has 5 rings (SSSR count). The highest BCUT2D eigenvalue weighted by molar-refractivity contribution is 6.07. The Morgan fingerprint density at radius 1 is 0.938 bits per heavy atom. The first-order chi connectivity index (χ1) is 15.5. The van der Waals surface area contributed by atoms with Crippen LogP contribution in [0.1, 0.15) is 32.4 Å². The van der Waals surface area contributed by atoms with Gasteiger partial charge in [0, 0.05) is 16.8 Å². The van der Waals surface area contributed by atoms with E-state index in [0.29, 0.717) is 33.7 Å². The zero-order chi connectivity index (χ0) is 22.2. The van der Waals surface area contributed by atoms with Gasteiger partial charge in [-0.1, -0.05) is 18.2 Å². The van der Waals surface area contributed by atoms with Gasteiger partial charge >= 0.3 is 5.91 Å². The fraction of sp³-hybridized carbons (Fsp3) is 0.0909. The summed E-state index contributed by atoms with van der Waals surface area (Å²) < 4.78 is 6.89. The van der Waals surface area contributed by atoms with Crippen LogP contribution < -0.4 is 10.9 Å². The van der Waals surface area contributed by atoms with Gasteiger partial charge in [0.2, 0.25) is 5.82 Å². The van der Waals surface area contributed by atoms with Crippen LogP contribution in [0, 0.1) is 13.8 Å². The lowest BCUT2D eigenvalue weighted by atomic mass is 10.1. The summed E-state index contributed by atoms with van der Waals surface area (Å²) in [6.45, 7) is 3.67. The second-order valence-electron chi connectivity index (χ2n) is 7.14. The lowest BCUT2D eigenvalue weighted by Gasteiger charge is -2.10. The predicted octanol–water partition coefficient (Wildman–Crippen LogP) is 2.62. The Morgan fingerprint density at radius 3 is 2.56 bits per heavy atom. The van der Waals surface area contributed by atoms with Gasteiger partial charge in [-0.05, 0) is 44.2 Å². The number of aryl methyl sites for hydroxylation is 2. The van der Waals surface area contributed by atoms with E-state index in [9.17, 15) is 9.59 Å². The molecule has 0 fully saturated rings. The predicted molar refractivity (Wildman–Crippen MR) is 115 cm³/mol. The molecule has 5 aromatic rings. The van der Waals surface area contributed by atoms with E-state index in [-0.39, 0.29) is 5.82 Å². The minimum atomic E-state index is -0.662. The van der Waals surface area contributed by atoms with E-state index < -0.39 is 11.8 Å². The van der Waals surface area contributed by atoms with E-state index in [1.165, 1.54) is 10.8 Å². The summed E-state index contributed by atoms with van der Waals surface area (Å²) in [5.74, 6) is -0.449. The number of pyridine rings is 1. The number of nitrogens with one attached hydrogen (secondary N) is 2. The summed E-state index contributed by atoms with van der Waals surface area (Å²) in [5, 5.41) is 4.79. The number of amides is 2. The largest absolute Gasteiger partial charge is 0.463 e. The molecule has 32 heavy (non-hydrogen) atoms. The van der Waals surface area contributed by atoms with Gasteiger partial charge in [0.25, 0.3) is 11.7 Å². The van der Waals surface area contributed by atoms with E-state index in [2.05, 4.69) is 30.9 Å². The van der Waals surface area contributed by atoms with Crippen LogP contribution in [0.2, 0.25) is 0 Å². The molecule has 0 aliphatic rings. The molecule has 1 aromatic carbocycles. The summed E-state index contributed by atoms with van der Waals surface area (Å²) in [6.07, 6.45) is 1.53. The van der Waals surface area contributed by atoms with Crippen LogP contribution in [0.25, 0.3) is 28.1 Å². The summed E-state index contributed by atoms with van der Waals surface area (Å²) in [6, 6.07) is 14.2. The fourth-order valence-electron chi connectivity index (χ4n) is 3.41. The molecule has 158 valence electrons. The van der Waals surface area contributed by atoms with Crippen LogP contribution in [0.4, 0.5) is 0 Å². The molecule has 0 saturated carbocycles. The van der Waals surface area contributed by atoms with Gasteiger partial charge in [0.1, 0.15) is 5.69 Å². The molecule has 0 saturated heterocycles. The van der Waals surface area contributed by atoms with Crippen molar-refractivity contribution in [3.63, 3.8) is 0 Å². The molecule has 10 heteroatoms. The minimum Gasteiger partial charge on any atom is -0.463 e. The zero-order valence-electron chi connectivity index (χ0n) is 17.2. The molecule has 0 unspecified atom stereocenters. The highest BCUT2D eigenvalue weighted by atomic mass is 16.3. The Labute approximate surface area is 181 Å². The number of hydrogen-bond donors (Lipinski definition) is 2. The van der Waals surface area contributed by atoms with E-state index in [0.717, 1.165) is 11.4 Å². The second kappa shape index (κ2) is 7.58. The van der Waals surface area contributed by atoms with Gasteiger partial charge < -0.3 is 4.42 Å². The third-order valence-electron chi connectivity index (χ3n) is 4.85. The molecule has 0 bridgehead atoms. The van der Waals surface area contributed by atoms with E-state index in [4.69, 9.17) is 4.42 Å². The van der Waals surface area contributed by atoms with Crippen molar-refractivity contribution in [1.82, 2.24) is 35.4 Å². The summed E-state index contributed by atoms with van der Waals surface area (Å²) in [7, 11) is 0. The van der Waals surface area contributed by atoms with Crippen molar-refractivity contribution in [3.05, 3.63) is 77.6 Å². The molecule has 4 heterocycles. The molecule has 2 amide bonds. The van der Waals surface area contributed by atoms with Crippen LogP contribution in [0.3, 0.4) is 0 Å². The van der Waals surface area contributed by atoms with Crippen LogP contribution in [0.15, 0.2) is 59.2 Å². The Kier molecular flexibility index (Phi) is 4.59. The number of fused-ring (bicyclic) bond motifs is 2. The van der Waals surface area contributed by atoms with Crippen molar-refractivity contribution in [1.29, 1.82) is 0 Å². The number of hydrazine groups is 1. The van der Waals surface area contributed by atoms with Crippen molar-refractivity contribution >= 4 is 28.5 Å². The molecular formula is C22H17N7O3. The average Bonchev–Trinajstić information content (AvgIpc) is 3.47. The number of benzene rings is 1. The van der Waals surface area contributed by atoms with Crippen molar-refractivity contribution in [2.75, 3.05) is 0 Å². The van der Waals surface area contributed by atoms with Crippen LogP contribution in [0.5, 0.6) is 0 Å². The number of carbonyl (C=O) groups is 2. The molecular weight excluding hydrogens is 410 g/mol. The Morgan fingerprint density at radius 2 is 1.75 bits per heavy atom. The molecule has 4 aromatic heterocycles. The molecule has 0 aliphatic carbocycles.